The zero-order valence-electron chi connectivity index (χ0n) is 12.8. The second-order valence-corrected chi connectivity index (χ2v) is 7.65. The van der Waals surface area contributed by atoms with E-state index in [0.717, 1.165) is 12.3 Å². The molecule has 9 heteroatoms. The average molecular weight is 356 g/mol. The van der Waals surface area contributed by atoms with Gasteiger partial charge >= 0.3 is 0 Å². The van der Waals surface area contributed by atoms with Crippen molar-refractivity contribution in [1.82, 2.24) is 9.97 Å². The fourth-order valence-corrected chi connectivity index (χ4v) is 3.62. The standard InChI is InChI=1S/C15H14F2N2O4S/c1-8-6-18-7-12(19-8)23-10-3-4-11(24(2,21)22)13-9(10)5-15(16,17)14(13)20/h3-4,6-7,14,20H,5H2,1-2H3/t14-/m0/s1. The van der Waals surface area contributed by atoms with Crippen molar-refractivity contribution < 1.29 is 27.0 Å². The summed E-state index contributed by atoms with van der Waals surface area (Å²) in [7, 11) is -3.78. The van der Waals surface area contributed by atoms with Gasteiger partial charge in [0.15, 0.2) is 9.84 Å². The van der Waals surface area contributed by atoms with Gasteiger partial charge in [0.2, 0.25) is 5.88 Å². The highest BCUT2D eigenvalue weighted by molar-refractivity contribution is 7.90. The number of hydrogen-bond donors (Lipinski definition) is 1. The predicted molar refractivity (Wildman–Crippen MR) is 80.0 cm³/mol. The van der Waals surface area contributed by atoms with E-state index in [0.29, 0.717) is 5.69 Å². The van der Waals surface area contributed by atoms with Gasteiger partial charge in [0.25, 0.3) is 5.92 Å². The lowest BCUT2D eigenvalue weighted by Gasteiger charge is -2.15. The highest BCUT2D eigenvalue weighted by atomic mass is 32.2. The number of aliphatic hydroxyl groups is 1. The van der Waals surface area contributed by atoms with E-state index in [1.54, 1.807) is 6.92 Å². The Morgan fingerprint density at radius 3 is 2.67 bits per heavy atom. The van der Waals surface area contributed by atoms with Crippen molar-refractivity contribution in [2.24, 2.45) is 0 Å². The van der Waals surface area contributed by atoms with Gasteiger partial charge in [-0.2, -0.15) is 0 Å². The van der Waals surface area contributed by atoms with E-state index in [2.05, 4.69) is 9.97 Å². The maximum Gasteiger partial charge on any atom is 0.281 e. The molecule has 2 aromatic rings. The maximum absolute atomic E-state index is 14.0. The monoisotopic (exact) mass is 356 g/mol. The van der Waals surface area contributed by atoms with Gasteiger partial charge in [0.05, 0.1) is 16.8 Å². The van der Waals surface area contributed by atoms with E-state index in [1.807, 2.05) is 0 Å². The number of halogens is 2. The second-order valence-electron chi connectivity index (χ2n) is 5.67. The summed E-state index contributed by atoms with van der Waals surface area (Å²) < 4.78 is 57.1. The Morgan fingerprint density at radius 2 is 2.04 bits per heavy atom. The zero-order valence-corrected chi connectivity index (χ0v) is 13.6. The maximum atomic E-state index is 14.0. The molecule has 0 radical (unpaired) electrons. The van der Waals surface area contributed by atoms with Crippen LogP contribution in [0.3, 0.4) is 0 Å². The first-order chi connectivity index (χ1) is 11.1. The van der Waals surface area contributed by atoms with Crippen LogP contribution < -0.4 is 4.74 Å². The highest BCUT2D eigenvalue weighted by Gasteiger charge is 2.50. The Balaban J connectivity index is 2.14. The van der Waals surface area contributed by atoms with Crippen molar-refractivity contribution in [1.29, 1.82) is 0 Å². The molecule has 0 bridgehead atoms. The Kier molecular flexibility index (Phi) is 3.80. The molecule has 1 aromatic carbocycles. The molecule has 3 rings (SSSR count). The molecule has 0 fully saturated rings. The SMILES string of the molecule is Cc1cncc(Oc2ccc(S(C)(=O)=O)c3c2CC(F)(F)[C@H]3O)n1. The Labute approximate surface area is 137 Å². The number of rotatable bonds is 3. The van der Waals surface area contributed by atoms with Crippen LogP contribution in [-0.4, -0.2) is 35.7 Å². The molecule has 0 amide bonds. The topological polar surface area (TPSA) is 89.4 Å². The molecule has 1 aliphatic rings. The van der Waals surface area contributed by atoms with Gasteiger partial charge in [-0.15, -0.1) is 0 Å². The molecule has 0 aliphatic heterocycles. The number of alkyl halides is 2. The molecule has 24 heavy (non-hydrogen) atoms. The number of aryl methyl sites for hydroxylation is 1. The summed E-state index contributed by atoms with van der Waals surface area (Å²) >= 11 is 0. The molecule has 6 nitrogen and oxygen atoms in total. The Hall–Kier alpha value is -2.13. The lowest BCUT2D eigenvalue weighted by molar-refractivity contribution is -0.0976. The van der Waals surface area contributed by atoms with E-state index in [-0.39, 0.29) is 27.7 Å². The Bertz CT molecular complexity index is 916. The van der Waals surface area contributed by atoms with Crippen LogP contribution in [-0.2, 0) is 16.3 Å². The first-order valence-electron chi connectivity index (χ1n) is 6.98. The molecule has 0 saturated heterocycles. The number of nitrogens with zero attached hydrogens (tertiary/aromatic N) is 2. The number of benzene rings is 1. The van der Waals surface area contributed by atoms with Crippen LogP contribution in [0.5, 0.6) is 11.6 Å². The first-order valence-corrected chi connectivity index (χ1v) is 8.87. The van der Waals surface area contributed by atoms with E-state index in [4.69, 9.17) is 4.74 Å². The van der Waals surface area contributed by atoms with Crippen LogP contribution >= 0.6 is 0 Å². The summed E-state index contributed by atoms with van der Waals surface area (Å²) in [6, 6.07) is 2.44. The van der Waals surface area contributed by atoms with Crippen LogP contribution in [0.1, 0.15) is 22.9 Å². The van der Waals surface area contributed by atoms with Crippen LogP contribution in [0.25, 0.3) is 0 Å². The molecule has 0 saturated carbocycles. The number of sulfone groups is 1. The average Bonchev–Trinajstić information content (AvgIpc) is 2.70. The molecule has 1 aromatic heterocycles. The summed E-state index contributed by atoms with van der Waals surface area (Å²) in [6.07, 6.45) is 0.694. The third kappa shape index (κ3) is 2.84. The minimum absolute atomic E-state index is 0.0218. The van der Waals surface area contributed by atoms with Gasteiger partial charge in [-0.05, 0) is 19.1 Å². The molecular weight excluding hydrogens is 342 g/mol. The lowest BCUT2D eigenvalue weighted by Crippen LogP contribution is -2.22. The molecule has 1 heterocycles. The van der Waals surface area contributed by atoms with Crippen molar-refractivity contribution in [2.45, 2.75) is 30.3 Å². The van der Waals surface area contributed by atoms with Crippen LogP contribution in [0.2, 0.25) is 0 Å². The van der Waals surface area contributed by atoms with Gasteiger partial charge in [0, 0.05) is 30.0 Å². The normalized spacial score (nSPS) is 19.1. The predicted octanol–water partition coefficient (Wildman–Crippen LogP) is 2.21. The Morgan fingerprint density at radius 1 is 1.33 bits per heavy atom. The quantitative estimate of drug-likeness (QED) is 0.907. The van der Waals surface area contributed by atoms with Crippen LogP contribution in [0.15, 0.2) is 29.4 Å². The molecule has 1 N–H and O–H groups in total. The largest absolute Gasteiger partial charge is 0.437 e. The molecule has 128 valence electrons. The number of aliphatic hydroxyl groups excluding tert-OH is 1. The van der Waals surface area contributed by atoms with E-state index < -0.39 is 28.3 Å². The highest BCUT2D eigenvalue weighted by Crippen LogP contribution is 2.49. The van der Waals surface area contributed by atoms with Gasteiger partial charge in [-0.25, -0.2) is 22.2 Å². The van der Waals surface area contributed by atoms with Crippen molar-refractivity contribution in [3.05, 3.63) is 41.3 Å². The summed E-state index contributed by atoms with van der Waals surface area (Å²) in [5.41, 5.74) is 0.210. The first kappa shape index (κ1) is 16.7. The molecular formula is C15H14F2N2O4S. The molecule has 1 aliphatic carbocycles. The van der Waals surface area contributed by atoms with Crippen LogP contribution in [0.4, 0.5) is 8.78 Å². The van der Waals surface area contributed by atoms with E-state index >= 15 is 0 Å². The second kappa shape index (κ2) is 5.45. The fraction of sp³-hybridized carbons (Fsp3) is 0.333. The van der Waals surface area contributed by atoms with Gasteiger partial charge in [-0.3, -0.25) is 4.98 Å². The number of aromatic nitrogens is 2. The summed E-state index contributed by atoms with van der Waals surface area (Å²) in [6.45, 7) is 1.69. The third-order valence-corrected chi connectivity index (χ3v) is 4.86. The number of fused-ring (bicyclic) bond motifs is 1. The molecule has 0 spiro atoms. The van der Waals surface area contributed by atoms with Gasteiger partial charge in [-0.1, -0.05) is 0 Å². The van der Waals surface area contributed by atoms with Crippen molar-refractivity contribution in [3.8, 4) is 11.6 Å². The minimum Gasteiger partial charge on any atom is -0.437 e. The number of ether oxygens (including phenoxy) is 1. The van der Waals surface area contributed by atoms with Crippen LogP contribution in [0, 0.1) is 6.92 Å². The fourth-order valence-electron chi connectivity index (χ4n) is 2.67. The third-order valence-electron chi connectivity index (χ3n) is 3.71. The van der Waals surface area contributed by atoms with Crippen molar-refractivity contribution in [3.63, 3.8) is 0 Å². The smallest absolute Gasteiger partial charge is 0.281 e. The van der Waals surface area contributed by atoms with Gasteiger partial charge in [0.1, 0.15) is 11.9 Å². The van der Waals surface area contributed by atoms with E-state index in [9.17, 15) is 22.3 Å². The van der Waals surface area contributed by atoms with E-state index in [1.165, 1.54) is 18.5 Å². The summed E-state index contributed by atoms with van der Waals surface area (Å²) in [5, 5.41) is 9.89. The minimum atomic E-state index is -3.78. The molecule has 1 atom stereocenters. The van der Waals surface area contributed by atoms with Crippen molar-refractivity contribution in [2.75, 3.05) is 6.26 Å². The number of hydrogen-bond acceptors (Lipinski definition) is 6. The molecule has 0 unspecified atom stereocenters. The summed E-state index contributed by atoms with van der Waals surface area (Å²) in [4.78, 5) is 7.63. The summed E-state index contributed by atoms with van der Waals surface area (Å²) in [5.74, 6) is -3.36. The van der Waals surface area contributed by atoms with Gasteiger partial charge < -0.3 is 9.84 Å². The zero-order chi connectivity index (χ0) is 17.7. The lowest BCUT2D eigenvalue weighted by atomic mass is 10.1. The van der Waals surface area contributed by atoms with Crippen molar-refractivity contribution >= 4 is 9.84 Å².